The molecule has 4 heteroatoms. The molecular weight excluding hydrogens is 204 g/mol. The molecule has 1 aromatic rings. The van der Waals surface area contributed by atoms with Gasteiger partial charge in [0.25, 0.3) is 0 Å². The van der Waals surface area contributed by atoms with Crippen molar-refractivity contribution in [3.63, 3.8) is 0 Å². The summed E-state index contributed by atoms with van der Waals surface area (Å²) in [6.45, 7) is 3.08. The Kier molecular flexibility index (Phi) is 3.10. The zero-order valence-electron chi connectivity index (χ0n) is 9.32. The van der Waals surface area contributed by atoms with E-state index in [9.17, 15) is 4.79 Å². The standard InChI is InChI=1S/C12H16N2O2/c1-8(7-13)9-2-3-11-10(6-9)14-12(15)4-5-16-11/h2-3,6,8H,4-5,7,13H2,1H3,(H,14,15). The lowest BCUT2D eigenvalue weighted by Crippen LogP contribution is -2.11. The summed E-state index contributed by atoms with van der Waals surface area (Å²) < 4.78 is 5.47. The number of carbonyl (C=O) groups excluding carboxylic acids is 1. The Balaban J connectivity index is 2.32. The number of fused-ring (bicyclic) bond motifs is 1. The molecule has 3 N–H and O–H groups in total. The summed E-state index contributed by atoms with van der Waals surface area (Å²) in [6.07, 6.45) is 0.399. The molecule has 0 saturated heterocycles. The van der Waals surface area contributed by atoms with Crippen molar-refractivity contribution in [1.82, 2.24) is 0 Å². The third-order valence-corrected chi connectivity index (χ3v) is 2.79. The molecule has 0 radical (unpaired) electrons. The molecule has 1 aromatic carbocycles. The number of benzene rings is 1. The Morgan fingerprint density at radius 2 is 2.38 bits per heavy atom. The van der Waals surface area contributed by atoms with E-state index in [0.29, 0.717) is 19.6 Å². The summed E-state index contributed by atoms with van der Waals surface area (Å²) in [6, 6.07) is 5.83. The Morgan fingerprint density at radius 1 is 1.56 bits per heavy atom. The predicted octanol–water partition coefficient (Wildman–Crippen LogP) is 1.47. The molecule has 1 atom stereocenters. The lowest BCUT2D eigenvalue weighted by atomic mass is 10.0. The maximum Gasteiger partial charge on any atom is 0.227 e. The fraction of sp³-hybridized carbons (Fsp3) is 0.417. The van der Waals surface area contributed by atoms with Crippen molar-refractivity contribution in [2.45, 2.75) is 19.3 Å². The van der Waals surface area contributed by atoms with Gasteiger partial charge in [0, 0.05) is 0 Å². The zero-order valence-corrected chi connectivity index (χ0v) is 9.32. The molecule has 0 aliphatic carbocycles. The van der Waals surface area contributed by atoms with Gasteiger partial charge in [-0.1, -0.05) is 13.0 Å². The van der Waals surface area contributed by atoms with Crippen LogP contribution < -0.4 is 15.8 Å². The van der Waals surface area contributed by atoms with E-state index in [1.807, 2.05) is 18.2 Å². The van der Waals surface area contributed by atoms with E-state index in [0.717, 1.165) is 17.0 Å². The lowest BCUT2D eigenvalue weighted by Gasteiger charge is -2.13. The third-order valence-electron chi connectivity index (χ3n) is 2.79. The van der Waals surface area contributed by atoms with E-state index >= 15 is 0 Å². The minimum atomic E-state index is -0.00342. The van der Waals surface area contributed by atoms with E-state index < -0.39 is 0 Å². The number of hydrogen-bond donors (Lipinski definition) is 2. The van der Waals surface area contributed by atoms with Crippen LogP contribution in [0.15, 0.2) is 18.2 Å². The molecule has 0 bridgehead atoms. The highest BCUT2D eigenvalue weighted by Gasteiger charge is 2.15. The Morgan fingerprint density at radius 3 is 3.12 bits per heavy atom. The minimum absolute atomic E-state index is 0.00342. The van der Waals surface area contributed by atoms with Gasteiger partial charge in [-0.3, -0.25) is 4.79 Å². The van der Waals surface area contributed by atoms with Crippen LogP contribution in [0, 0.1) is 0 Å². The summed E-state index contributed by atoms with van der Waals surface area (Å²) in [5, 5.41) is 2.84. The topological polar surface area (TPSA) is 64.3 Å². The van der Waals surface area contributed by atoms with Gasteiger partial charge in [-0.2, -0.15) is 0 Å². The summed E-state index contributed by atoms with van der Waals surface area (Å²) in [7, 11) is 0. The van der Waals surface area contributed by atoms with Crippen molar-refractivity contribution < 1.29 is 9.53 Å². The molecular formula is C12H16N2O2. The molecule has 1 aliphatic rings. The Hall–Kier alpha value is -1.55. The molecule has 86 valence electrons. The van der Waals surface area contributed by atoms with Crippen LogP contribution in [0.1, 0.15) is 24.8 Å². The zero-order chi connectivity index (χ0) is 11.5. The van der Waals surface area contributed by atoms with Crippen molar-refractivity contribution in [3.05, 3.63) is 23.8 Å². The quantitative estimate of drug-likeness (QED) is 0.793. The van der Waals surface area contributed by atoms with Crippen LogP contribution in [0.5, 0.6) is 5.75 Å². The van der Waals surface area contributed by atoms with Gasteiger partial charge >= 0.3 is 0 Å². The largest absolute Gasteiger partial charge is 0.491 e. The van der Waals surface area contributed by atoms with Crippen LogP contribution >= 0.6 is 0 Å². The first-order valence-electron chi connectivity index (χ1n) is 5.47. The number of amides is 1. The number of hydrogen-bond acceptors (Lipinski definition) is 3. The van der Waals surface area contributed by atoms with Gasteiger partial charge < -0.3 is 15.8 Å². The molecule has 1 heterocycles. The molecule has 0 aromatic heterocycles. The van der Waals surface area contributed by atoms with Crippen LogP contribution in [0.2, 0.25) is 0 Å². The summed E-state index contributed by atoms with van der Waals surface area (Å²) in [4.78, 5) is 11.4. The van der Waals surface area contributed by atoms with Gasteiger partial charge in [-0.05, 0) is 30.2 Å². The number of ether oxygens (including phenoxy) is 1. The van der Waals surface area contributed by atoms with Crippen molar-refractivity contribution in [2.24, 2.45) is 5.73 Å². The molecule has 0 saturated carbocycles. The average Bonchev–Trinajstić information content (AvgIpc) is 2.47. The van der Waals surface area contributed by atoms with E-state index in [4.69, 9.17) is 10.5 Å². The number of anilines is 1. The third kappa shape index (κ3) is 2.17. The number of rotatable bonds is 2. The minimum Gasteiger partial charge on any atom is -0.491 e. The van der Waals surface area contributed by atoms with Gasteiger partial charge in [-0.15, -0.1) is 0 Å². The number of nitrogens with one attached hydrogen (secondary N) is 1. The van der Waals surface area contributed by atoms with E-state index in [-0.39, 0.29) is 11.8 Å². The second-order valence-electron chi connectivity index (χ2n) is 4.04. The molecule has 0 fully saturated rings. The van der Waals surface area contributed by atoms with Gasteiger partial charge in [0.2, 0.25) is 5.91 Å². The summed E-state index contributed by atoms with van der Waals surface area (Å²) >= 11 is 0. The normalized spacial score (nSPS) is 16.8. The second-order valence-corrected chi connectivity index (χ2v) is 4.04. The Labute approximate surface area is 94.8 Å². The van der Waals surface area contributed by atoms with Crippen LogP contribution in [-0.2, 0) is 4.79 Å². The lowest BCUT2D eigenvalue weighted by molar-refractivity contribution is -0.116. The van der Waals surface area contributed by atoms with Gasteiger partial charge in [0.1, 0.15) is 5.75 Å². The first-order valence-corrected chi connectivity index (χ1v) is 5.47. The smallest absolute Gasteiger partial charge is 0.227 e. The van der Waals surface area contributed by atoms with Gasteiger partial charge in [0.15, 0.2) is 0 Å². The van der Waals surface area contributed by atoms with E-state index in [1.54, 1.807) is 0 Å². The second kappa shape index (κ2) is 4.53. The molecule has 4 nitrogen and oxygen atoms in total. The molecule has 16 heavy (non-hydrogen) atoms. The maximum atomic E-state index is 11.4. The van der Waals surface area contributed by atoms with Crippen LogP contribution in [0.4, 0.5) is 5.69 Å². The maximum absolute atomic E-state index is 11.4. The summed E-state index contributed by atoms with van der Waals surface area (Å²) in [5.41, 5.74) is 7.49. The molecule has 0 spiro atoms. The first kappa shape index (κ1) is 11.0. The molecule has 1 unspecified atom stereocenters. The molecule has 1 amide bonds. The van der Waals surface area contributed by atoms with Crippen molar-refractivity contribution in [3.8, 4) is 5.75 Å². The number of nitrogens with two attached hydrogens (primary N) is 1. The SMILES string of the molecule is CC(CN)c1ccc2c(c1)NC(=O)CCO2. The van der Waals surface area contributed by atoms with Crippen molar-refractivity contribution in [2.75, 3.05) is 18.5 Å². The predicted molar refractivity (Wildman–Crippen MR) is 62.7 cm³/mol. The highest BCUT2D eigenvalue weighted by molar-refractivity contribution is 5.93. The first-order chi connectivity index (χ1) is 7.70. The fourth-order valence-corrected chi connectivity index (χ4v) is 1.68. The van der Waals surface area contributed by atoms with Gasteiger partial charge in [-0.25, -0.2) is 0 Å². The van der Waals surface area contributed by atoms with Gasteiger partial charge in [0.05, 0.1) is 18.7 Å². The monoisotopic (exact) mass is 220 g/mol. The van der Waals surface area contributed by atoms with Crippen LogP contribution in [-0.4, -0.2) is 19.1 Å². The number of carbonyl (C=O) groups is 1. The molecule has 1 aliphatic heterocycles. The highest BCUT2D eigenvalue weighted by atomic mass is 16.5. The Bertz CT molecular complexity index is 404. The van der Waals surface area contributed by atoms with Crippen LogP contribution in [0.25, 0.3) is 0 Å². The van der Waals surface area contributed by atoms with Crippen LogP contribution in [0.3, 0.4) is 0 Å². The van der Waals surface area contributed by atoms with E-state index in [1.165, 1.54) is 0 Å². The highest BCUT2D eigenvalue weighted by Crippen LogP contribution is 2.30. The fourth-order valence-electron chi connectivity index (χ4n) is 1.68. The van der Waals surface area contributed by atoms with Crippen molar-refractivity contribution in [1.29, 1.82) is 0 Å². The summed E-state index contributed by atoms with van der Waals surface area (Å²) in [5.74, 6) is 1.01. The molecule has 2 rings (SSSR count). The van der Waals surface area contributed by atoms with E-state index in [2.05, 4.69) is 12.2 Å². The van der Waals surface area contributed by atoms with Crippen molar-refractivity contribution >= 4 is 11.6 Å². The average molecular weight is 220 g/mol.